The van der Waals surface area contributed by atoms with E-state index in [1.54, 1.807) is 19.9 Å². The molecule has 0 spiro atoms. The number of nitro groups is 1. The Labute approximate surface area is 133 Å². The third kappa shape index (κ3) is 2.85. The van der Waals surface area contributed by atoms with Crippen LogP contribution in [0.2, 0.25) is 0 Å². The number of nitro benzene ring substituents is 1. The maximum atomic E-state index is 12.4. The smallest absolute Gasteiger partial charge is 0.324 e. The van der Waals surface area contributed by atoms with Gasteiger partial charge in [0.1, 0.15) is 11.8 Å². The largest absolute Gasteiger partial charge is 0.465 e. The lowest BCUT2D eigenvalue weighted by molar-refractivity contribution is -0.383. The molecule has 0 aliphatic rings. The Bertz CT molecular complexity index is 708. The first-order chi connectivity index (χ1) is 10.8. The van der Waals surface area contributed by atoms with Crippen LogP contribution < -0.4 is 5.73 Å². The van der Waals surface area contributed by atoms with Gasteiger partial charge in [0.05, 0.1) is 17.1 Å². The number of nitrogen functional groups attached to an aromatic ring is 1. The highest BCUT2D eigenvalue weighted by Gasteiger charge is 2.47. The van der Waals surface area contributed by atoms with Crippen LogP contribution in [0.15, 0.2) is 12.1 Å². The van der Waals surface area contributed by atoms with Crippen molar-refractivity contribution in [2.75, 3.05) is 12.3 Å². The lowest BCUT2D eigenvalue weighted by atomic mass is 9.72. The van der Waals surface area contributed by atoms with E-state index in [1.807, 2.05) is 0 Å². The number of hydrogen-bond acceptors (Lipinski definition) is 7. The molecule has 0 saturated heterocycles. The topological polar surface area (TPSA) is 136 Å². The van der Waals surface area contributed by atoms with Gasteiger partial charge >= 0.3 is 5.97 Å². The van der Waals surface area contributed by atoms with Crippen LogP contribution in [0.4, 0.5) is 11.4 Å². The second kappa shape index (κ2) is 6.87. The molecule has 1 aromatic rings. The first-order valence-corrected chi connectivity index (χ1v) is 6.93. The molecule has 0 heterocycles. The van der Waals surface area contributed by atoms with Gasteiger partial charge in [0.2, 0.25) is 0 Å². The maximum absolute atomic E-state index is 12.4. The van der Waals surface area contributed by atoms with Gasteiger partial charge in [0.15, 0.2) is 11.2 Å². The van der Waals surface area contributed by atoms with Crippen LogP contribution in [0.1, 0.15) is 38.3 Å². The molecule has 8 heteroatoms. The number of hydrogen-bond donors (Lipinski definition) is 1. The van der Waals surface area contributed by atoms with Crippen LogP contribution in [0.5, 0.6) is 0 Å². The fourth-order valence-electron chi connectivity index (χ4n) is 2.53. The fraction of sp³-hybridized carbons (Fsp3) is 0.400. The van der Waals surface area contributed by atoms with E-state index in [9.17, 15) is 25.0 Å². The number of rotatable bonds is 6. The van der Waals surface area contributed by atoms with E-state index in [4.69, 9.17) is 10.5 Å². The number of nitriles is 1. The van der Waals surface area contributed by atoms with Crippen molar-refractivity contribution in [1.82, 2.24) is 0 Å². The molecule has 0 saturated carbocycles. The molecule has 0 fully saturated rings. The summed E-state index contributed by atoms with van der Waals surface area (Å²) in [4.78, 5) is 34.9. The average molecular weight is 319 g/mol. The molecule has 0 radical (unpaired) electrons. The number of ether oxygens (including phenoxy) is 1. The molecule has 8 nitrogen and oxygen atoms in total. The third-order valence-corrected chi connectivity index (χ3v) is 3.75. The van der Waals surface area contributed by atoms with Gasteiger partial charge in [-0.25, -0.2) is 0 Å². The van der Waals surface area contributed by atoms with Crippen molar-refractivity contribution < 1.29 is 19.2 Å². The first-order valence-electron chi connectivity index (χ1n) is 6.93. The Hall–Kier alpha value is -2.95. The molecule has 2 N–H and O–H groups in total. The summed E-state index contributed by atoms with van der Waals surface area (Å²) in [6.45, 7) is 4.45. The molecule has 0 aromatic heterocycles. The predicted molar refractivity (Wildman–Crippen MR) is 81.5 cm³/mol. The summed E-state index contributed by atoms with van der Waals surface area (Å²) in [5.41, 5.74) is 2.91. The Morgan fingerprint density at radius 2 is 2.04 bits per heavy atom. The Kier molecular flexibility index (Phi) is 5.41. The van der Waals surface area contributed by atoms with Gasteiger partial charge in [0, 0.05) is 6.07 Å². The summed E-state index contributed by atoms with van der Waals surface area (Å²) in [7, 11) is 0. The molecule has 1 rings (SSSR count). The molecule has 122 valence electrons. The van der Waals surface area contributed by atoms with E-state index in [0.717, 1.165) is 6.07 Å². The van der Waals surface area contributed by atoms with Crippen LogP contribution in [0.25, 0.3) is 0 Å². The monoisotopic (exact) mass is 319 g/mol. The summed E-state index contributed by atoms with van der Waals surface area (Å²) in [6, 6.07) is 4.06. The molecule has 0 aliphatic carbocycles. The fourth-order valence-corrected chi connectivity index (χ4v) is 2.53. The average Bonchev–Trinajstić information content (AvgIpc) is 2.48. The molecular weight excluding hydrogens is 302 g/mol. The van der Waals surface area contributed by atoms with Gasteiger partial charge in [-0.05, 0) is 31.9 Å². The molecule has 0 bridgehead atoms. The summed E-state index contributed by atoms with van der Waals surface area (Å²) in [5.74, 6) is -1.33. The highest BCUT2D eigenvalue weighted by molar-refractivity contribution is 6.09. The predicted octanol–water partition coefficient (Wildman–Crippen LogP) is 1.85. The number of nitrogens with two attached hydrogens (primary N) is 1. The Morgan fingerprint density at radius 1 is 1.43 bits per heavy atom. The molecule has 0 aliphatic heterocycles. The normalized spacial score (nSPS) is 12.8. The number of esters is 1. The molecule has 1 unspecified atom stereocenters. The van der Waals surface area contributed by atoms with E-state index >= 15 is 0 Å². The number of nitrogens with zero attached hydrogens (tertiary/aromatic N) is 2. The molecule has 1 atom stereocenters. The molecular formula is C15H17N3O5. The van der Waals surface area contributed by atoms with Gasteiger partial charge in [-0.1, -0.05) is 6.92 Å². The van der Waals surface area contributed by atoms with Crippen molar-refractivity contribution in [1.29, 1.82) is 5.26 Å². The van der Waals surface area contributed by atoms with Gasteiger partial charge in [-0.15, -0.1) is 0 Å². The highest BCUT2D eigenvalue weighted by atomic mass is 16.6. The van der Waals surface area contributed by atoms with E-state index in [0.29, 0.717) is 0 Å². The number of anilines is 1. The number of benzene rings is 1. The summed E-state index contributed by atoms with van der Waals surface area (Å²) >= 11 is 0. The minimum Gasteiger partial charge on any atom is -0.465 e. The standard InChI is InChI=1S/C15H17N3O5/c1-4-15(9(3)19,14(20)23-5-2)11-6-7-12(18(21)22)13(17)10(11)8-16/h6-7H,4-5,17H2,1-3H3. The van der Waals surface area contributed by atoms with E-state index in [1.165, 1.54) is 13.0 Å². The molecule has 0 amide bonds. The number of ketones is 1. The van der Waals surface area contributed by atoms with Crippen LogP contribution in [-0.4, -0.2) is 23.3 Å². The second-order valence-corrected chi connectivity index (χ2v) is 4.83. The van der Waals surface area contributed by atoms with Crippen molar-refractivity contribution >= 4 is 23.1 Å². The lowest BCUT2D eigenvalue weighted by Crippen LogP contribution is -2.44. The lowest BCUT2D eigenvalue weighted by Gasteiger charge is -2.29. The zero-order chi connectivity index (χ0) is 17.8. The SMILES string of the molecule is CCOC(=O)C(CC)(C(C)=O)c1ccc([N+](=O)[O-])c(N)c1C#N. The molecule has 23 heavy (non-hydrogen) atoms. The van der Waals surface area contributed by atoms with Crippen LogP contribution in [-0.2, 0) is 19.7 Å². The van der Waals surface area contributed by atoms with Crippen molar-refractivity contribution in [3.63, 3.8) is 0 Å². The van der Waals surface area contributed by atoms with Crippen molar-refractivity contribution in [2.24, 2.45) is 0 Å². The summed E-state index contributed by atoms with van der Waals surface area (Å²) in [5, 5.41) is 20.3. The summed E-state index contributed by atoms with van der Waals surface area (Å²) < 4.78 is 4.99. The van der Waals surface area contributed by atoms with E-state index in [-0.39, 0.29) is 29.8 Å². The van der Waals surface area contributed by atoms with Crippen LogP contribution in [0, 0.1) is 21.4 Å². The van der Waals surface area contributed by atoms with Crippen LogP contribution in [0.3, 0.4) is 0 Å². The highest BCUT2D eigenvalue weighted by Crippen LogP contribution is 2.38. The van der Waals surface area contributed by atoms with Crippen molar-refractivity contribution in [2.45, 2.75) is 32.6 Å². The number of carbonyl (C=O) groups is 2. The minimum absolute atomic E-state index is 0.0246. The minimum atomic E-state index is -1.72. The third-order valence-electron chi connectivity index (χ3n) is 3.75. The van der Waals surface area contributed by atoms with E-state index in [2.05, 4.69) is 0 Å². The second-order valence-electron chi connectivity index (χ2n) is 4.83. The number of Topliss-reactive ketones (excluding diaryl/α,β-unsaturated/α-hetero) is 1. The zero-order valence-corrected chi connectivity index (χ0v) is 13.1. The first kappa shape index (κ1) is 18.1. The number of carbonyl (C=O) groups excluding carboxylic acids is 2. The van der Waals surface area contributed by atoms with Gasteiger partial charge in [-0.2, -0.15) is 5.26 Å². The Balaban J connectivity index is 3.78. The molecule has 1 aromatic carbocycles. The van der Waals surface area contributed by atoms with Crippen molar-refractivity contribution in [3.8, 4) is 6.07 Å². The van der Waals surface area contributed by atoms with Gasteiger partial charge in [0.25, 0.3) is 5.69 Å². The zero-order valence-electron chi connectivity index (χ0n) is 13.1. The summed E-state index contributed by atoms with van der Waals surface area (Å²) in [6.07, 6.45) is 0.0348. The van der Waals surface area contributed by atoms with E-state index < -0.39 is 27.8 Å². The Morgan fingerprint density at radius 3 is 2.43 bits per heavy atom. The van der Waals surface area contributed by atoms with Crippen LogP contribution >= 0.6 is 0 Å². The van der Waals surface area contributed by atoms with Gasteiger partial charge < -0.3 is 10.5 Å². The van der Waals surface area contributed by atoms with Crippen molar-refractivity contribution in [3.05, 3.63) is 33.4 Å². The van der Waals surface area contributed by atoms with Gasteiger partial charge in [-0.3, -0.25) is 19.7 Å². The quantitative estimate of drug-likeness (QED) is 0.278. The maximum Gasteiger partial charge on any atom is 0.324 e.